The fraction of sp³-hybridized carbons (Fsp3) is 0.267. The molecular formula is C15H15ClFN3O3S. The molecule has 1 N–H and O–H groups in total. The molecule has 9 heteroatoms. The van der Waals surface area contributed by atoms with Gasteiger partial charge < -0.3 is 9.88 Å². The van der Waals surface area contributed by atoms with Gasteiger partial charge >= 0.3 is 0 Å². The number of carbonyl (C=O) groups excluding carboxylic acids is 1. The minimum atomic E-state index is -3.91. The third kappa shape index (κ3) is 3.17. The van der Waals surface area contributed by atoms with E-state index in [4.69, 9.17) is 11.6 Å². The van der Waals surface area contributed by atoms with Crippen LogP contribution in [0.2, 0.25) is 5.02 Å². The molecule has 3 rings (SSSR count). The number of H-pyrrole nitrogens is 1. The Bertz CT molecular complexity index is 860. The molecule has 0 atom stereocenters. The van der Waals surface area contributed by atoms with E-state index in [0.29, 0.717) is 10.7 Å². The second-order valence-electron chi connectivity index (χ2n) is 5.36. The fourth-order valence-corrected chi connectivity index (χ4v) is 4.24. The molecule has 1 aromatic heterocycles. The SMILES string of the molecule is O=C(c1cc(Cl)c[nH]1)N1CCN(S(=O)(=O)c2ccccc2F)CC1. The van der Waals surface area contributed by atoms with Crippen LogP contribution in [0.3, 0.4) is 0 Å². The van der Waals surface area contributed by atoms with Crippen LogP contribution in [-0.4, -0.2) is 54.7 Å². The second-order valence-corrected chi connectivity index (χ2v) is 7.70. The van der Waals surface area contributed by atoms with E-state index in [1.54, 1.807) is 0 Å². The molecule has 2 aromatic rings. The first-order chi connectivity index (χ1) is 11.4. The number of benzene rings is 1. The number of hydrogen-bond donors (Lipinski definition) is 1. The van der Waals surface area contributed by atoms with Gasteiger partial charge in [0.2, 0.25) is 10.0 Å². The summed E-state index contributed by atoms with van der Waals surface area (Å²) in [5.41, 5.74) is 0.352. The summed E-state index contributed by atoms with van der Waals surface area (Å²) < 4.78 is 40.0. The van der Waals surface area contributed by atoms with Gasteiger partial charge in [0.1, 0.15) is 16.4 Å². The van der Waals surface area contributed by atoms with Gasteiger partial charge in [0.15, 0.2) is 0 Å². The molecule has 1 fully saturated rings. The lowest BCUT2D eigenvalue weighted by atomic mass is 10.3. The number of nitrogens with zero attached hydrogens (tertiary/aromatic N) is 2. The second kappa shape index (κ2) is 6.54. The normalized spacial score (nSPS) is 16.3. The zero-order chi connectivity index (χ0) is 17.3. The first-order valence-corrected chi connectivity index (χ1v) is 9.09. The van der Waals surface area contributed by atoms with Gasteiger partial charge in [0, 0.05) is 32.4 Å². The van der Waals surface area contributed by atoms with Crippen molar-refractivity contribution in [2.45, 2.75) is 4.90 Å². The standard InChI is InChI=1S/C15H15ClFN3O3S/c16-11-9-13(18-10-11)15(21)19-5-7-20(8-6-19)24(22,23)14-4-2-1-3-12(14)17/h1-4,9-10,18H,5-8H2. The van der Waals surface area contributed by atoms with Crippen LogP contribution in [0.1, 0.15) is 10.5 Å². The van der Waals surface area contributed by atoms with Gasteiger partial charge in [0.25, 0.3) is 5.91 Å². The molecule has 1 aliphatic heterocycles. The van der Waals surface area contributed by atoms with Gasteiger partial charge in [-0.2, -0.15) is 4.31 Å². The zero-order valence-electron chi connectivity index (χ0n) is 12.6. The molecule has 6 nitrogen and oxygen atoms in total. The van der Waals surface area contributed by atoms with Crippen LogP contribution >= 0.6 is 11.6 Å². The molecule has 2 heterocycles. The van der Waals surface area contributed by atoms with Crippen molar-refractivity contribution in [3.8, 4) is 0 Å². The molecule has 0 saturated carbocycles. The lowest BCUT2D eigenvalue weighted by molar-refractivity contribution is 0.0692. The first kappa shape index (κ1) is 16.9. The van der Waals surface area contributed by atoms with Crippen molar-refractivity contribution in [3.63, 3.8) is 0 Å². The van der Waals surface area contributed by atoms with Crippen molar-refractivity contribution in [1.29, 1.82) is 0 Å². The highest BCUT2D eigenvalue weighted by atomic mass is 35.5. The summed E-state index contributed by atoms with van der Waals surface area (Å²) in [6, 6.07) is 6.79. The van der Waals surface area contributed by atoms with Gasteiger partial charge in [-0.15, -0.1) is 0 Å². The highest BCUT2D eigenvalue weighted by Gasteiger charge is 2.32. The Morgan fingerprint density at radius 1 is 1.17 bits per heavy atom. The van der Waals surface area contributed by atoms with Crippen LogP contribution in [0.15, 0.2) is 41.4 Å². The van der Waals surface area contributed by atoms with Crippen LogP contribution in [-0.2, 0) is 10.0 Å². The molecular weight excluding hydrogens is 357 g/mol. The van der Waals surface area contributed by atoms with E-state index in [9.17, 15) is 17.6 Å². The maximum Gasteiger partial charge on any atom is 0.270 e. The highest BCUT2D eigenvalue weighted by Crippen LogP contribution is 2.21. The van der Waals surface area contributed by atoms with E-state index < -0.39 is 15.8 Å². The lowest BCUT2D eigenvalue weighted by Crippen LogP contribution is -2.50. The van der Waals surface area contributed by atoms with Crippen LogP contribution in [0.4, 0.5) is 4.39 Å². The first-order valence-electron chi connectivity index (χ1n) is 7.27. The van der Waals surface area contributed by atoms with E-state index >= 15 is 0 Å². The van der Waals surface area contributed by atoms with E-state index in [-0.39, 0.29) is 37.0 Å². The Morgan fingerprint density at radius 2 is 1.83 bits per heavy atom. The minimum absolute atomic E-state index is 0.108. The van der Waals surface area contributed by atoms with Crippen LogP contribution in [0.25, 0.3) is 0 Å². The predicted octanol–water partition coefficient (Wildman–Crippen LogP) is 1.95. The topological polar surface area (TPSA) is 73.5 Å². The van der Waals surface area contributed by atoms with Gasteiger partial charge in [-0.05, 0) is 18.2 Å². The Balaban J connectivity index is 1.71. The van der Waals surface area contributed by atoms with Crippen LogP contribution in [0, 0.1) is 5.82 Å². The van der Waals surface area contributed by atoms with Gasteiger partial charge in [-0.25, -0.2) is 12.8 Å². The monoisotopic (exact) mass is 371 g/mol. The fourth-order valence-electron chi connectivity index (χ4n) is 2.59. The molecule has 1 aromatic carbocycles. The smallest absolute Gasteiger partial charge is 0.270 e. The van der Waals surface area contributed by atoms with Crippen molar-refractivity contribution in [1.82, 2.24) is 14.2 Å². The number of carbonyl (C=O) groups is 1. The van der Waals surface area contributed by atoms with Gasteiger partial charge in [-0.1, -0.05) is 23.7 Å². The third-order valence-electron chi connectivity index (χ3n) is 3.86. The molecule has 0 aliphatic carbocycles. The van der Waals surface area contributed by atoms with Crippen molar-refractivity contribution >= 4 is 27.5 Å². The molecule has 0 radical (unpaired) electrons. The Hall–Kier alpha value is -1.90. The number of rotatable bonds is 3. The Kier molecular flexibility index (Phi) is 4.62. The van der Waals surface area contributed by atoms with E-state index in [2.05, 4.69) is 4.98 Å². The summed E-state index contributed by atoms with van der Waals surface area (Å²) in [6.45, 7) is 0.667. The third-order valence-corrected chi connectivity index (χ3v) is 6.01. The highest BCUT2D eigenvalue weighted by molar-refractivity contribution is 7.89. The molecule has 0 spiro atoms. The van der Waals surface area contributed by atoms with Crippen LogP contribution < -0.4 is 0 Å². The summed E-state index contributed by atoms with van der Waals surface area (Å²) in [5, 5.41) is 0.430. The van der Waals surface area contributed by atoms with Gasteiger partial charge in [0.05, 0.1) is 5.02 Å². The van der Waals surface area contributed by atoms with Gasteiger partial charge in [-0.3, -0.25) is 4.79 Å². The minimum Gasteiger partial charge on any atom is -0.356 e. The van der Waals surface area contributed by atoms with Crippen molar-refractivity contribution in [3.05, 3.63) is 53.1 Å². The zero-order valence-corrected chi connectivity index (χ0v) is 14.1. The number of hydrogen-bond acceptors (Lipinski definition) is 3. The number of amides is 1. The molecule has 24 heavy (non-hydrogen) atoms. The summed E-state index contributed by atoms with van der Waals surface area (Å²) in [4.78, 5) is 16.3. The molecule has 1 aliphatic rings. The number of halogens is 2. The average molecular weight is 372 g/mol. The summed E-state index contributed by atoms with van der Waals surface area (Å²) in [5.74, 6) is -1.03. The van der Waals surface area contributed by atoms with Crippen LogP contribution in [0.5, 0.6) is 0 Å². The molecule has 128 valence electrons. The van der Waals surface area contributed by atoms with E-state index in [0.717, 1.165) is 6.07 Å². The van der Waals surface area contributed by atoms with E-state index in [1.165, 1.54) is 39.7 Å². The van der Waals surface area contributed by atoms with Crippen molar-refractivity contribution in [2.24, 2.45) is 0 Å². The van der Waals surface area contributed by atoms with E-state index in [1.807, 2.05) is 0 Å². The largest absolute Gasteiger partial charge is 0.356 e. The molecule has 0 bridgehead atoms. The maximum atomic E-state index is 13.8. The maximum absolute atomic E-state index is 13.8. The van der Waals surface area contributed by atoms with Crippen molar-refractivity contribution in [2.75, 3.05) is 26.2 Å². The Morgan fingerprint density at radius 3 is 2.42 bits per heavy atom. The number of aromatic amines is 1. The summed E-state index contributed by atoms with van der Waals surface area (Å²) in [7, 11) is -3.91. The Labute approximate surface area is 143 Å². The van der Waals surface area contributed by atoms with Crippen molar-refractivity contribution < 1.29 is 17.6 Å². The number of aromatic nitrogens is 1. The lowest BCUT2D eigenvalue weighted by Gasteiger charge is -2.33. The molecule has 0 unspecified atom stereocenters. The average Bonchev–Trinajstić information content (AvgIpc) is 3.01. The summed E-state index contributed by atoms with van der Waals surface area (Å²) >= 11 is 5.78. The number of piperazine rings is 1. The molecule has 1 saturated heterocycles. The quantitative estimate of drug-likeness (QED) is 0.896. The summed E-state index contributed by atoms with van der Waals surface area (Å²) in [6.07, 6.45) is 1.51. The number of nitrogens with one attached hydrogen (secondary N) is 1. The predicted molar refractivity (Wildman–Crippen MR) is 86.9 cm³/mol. The number of sulfonamides is 1. The molecule has 1 amide bonds.